The number of nitrogens with one attached hydrogen (secondary N) is 1. The van der Waals surface area contributed by atoms with Crippen LogP contribution in [0.4, 0.5) is 11.4 Å². The number of para-hydroxylation sites is 1. The first-order valence-corrected chi connectivity index (χ1v) is 6.12. The molecular weight excluding hydrogens is 278 g/mol. The van der Waals surface area contributed by atoms with Crippen molar-refractivity contribution in [2.24, 2.45) is 5.73 Å². The van der Waals surface area contributed by atoms with E-state index in [0.29, 0.717) is 11.4 Å². The van der Waals surface area contributed by atoms with Gasteiger partial charge in [0.25, 0.3) is 11.8 Å². The number of hydrogen-bond acceptors (Lipinski definition) is 3. The normalized spacial score (nSPS) is 10.1. The van der Waals surface area contributed by atoms with Crippen molar-refractivity contribution in [2.75, 3.05) is 11.1 Å². The van der Waals surface area contributed by atoms with E-state index in [4.69, 9.17) is 23.1 Å². The van der Waals surface area contributed by atoms with Crippen LogP contribution < -0.4 is 16.8 Å². The Morgan fingerprint density at radius 3 is 2.35 bits per heavy atom. The highest BCUT2D eigenvalue weighted by atomic mass is 35.5. The van der Waals surface area contributed by atoms with E-state index < -0.39 is 11.8 Å². The first-order chi connectivity index (χ1) is 9.50. The van der Waals surface area contributed by atoms with Crippen molar-refractivity contribution in [3.8, 4) is 0 Å². The minimum Gasteiger partial charge on any atom is -0.398 e. The van der Waals surface area contributed by atoms with Crippen LogP contribution in [-0.4, -0.2) is 11.8 Å². The maximum absolute atomic E-state index is 12.2. The van der Waals surface area contributed by atoms with Gasteiger partial charge in [-0.25, -0.2) is 0 Å². The predicted octanol–water partition coefficient (Wildman–Crippen LogP) is 2.27. The minimum absolute atomic E-state index is 0.168. The van der Waals surface area contributed by atoms with Crippen LogP contribution >= 0.6 is 11.6 Å². The van der Waals surface area contributed by atoms with E-state index in [2.05, 4.69) is 5.32 Å². The third kappa shape index (κ3) is 2.73. The Labute approximate surface area is 120 Å². The molecule has 2 aromatic rings. The molecule has 0 aliphatic rings. The molecule has 102 valence electrons. The Bertz CT molecular complexity index is 686. The van der Waals surface area contributed by atoms with Gasteiger partial charge in [0, 0.05) is 0 Å². The monoisotopic (exact) mass is 289 g/mol. The SMILES string of the molecule is NC(=O)c1ccccc1NC(=O)c1cccc(N)c1Cl. The molecule has 0 spiro atoms. The Hall–Kier alpha value is -2.53. The molecule has 0 aliphatic carbocycles. The second-order valence-corrected chi connectivity index (χ2v) is 4.45. The Balaban J connectivity index is 2.33. The van der Waals surface area contributed by atoms with Gasteiger partial charge in [-0.1, -0.05) is 29.8 Å². The summed E-state index contributed by atoms with van der Waals surface area (Å²) in [4.78, 5) is 23.4. The Morgan fingerprint density at radius 2 is 1.65 bits per heavy atom. The van der Waals surface area contributed by atoms with Crippen LogP contribution in [0, 0.1) is 0 Å². The third-order valence-electron chi connectivity index (χ3n) is 2.71. The number of anilines is 2. The smallest absolute Gasteiger partial charge is 0.257 e. The first-order valence-electron chi connectivity index (χ1n) is 5.75. The van der Waals surface area contributed by atoms with Gasteiger partial charge in [-0.15, -0.1) is 0 Å². The maximum atomic E-state index is 12.2. The van der Waals surface area contributed by atoms with Crippen LogP contribution in [0.15, 0.2) is 42.5 Å². The average Bonchev–Trinajstić information content (AvgIpc) is 2.42. The Morgan fingerprint density at radius 1 is 1.00 bits per heavy atom. The van der Waals surface area contributed by atoms with Crippen molar-refractivity contribution >= 4 is 34.8 Å². The lowest BCUT2D eigenvalue weighted by atomic mass is 10.1. The van der Waals surface area contributed by atoms with Gasteiger partial charge < -0.3 is 16.8 Å². The van der Waals surface area contributed by atoms with Gasteiger partial charge >= 0.3 is 0 Å². The largest absolute Gasteiger partial charge is 0.398 e. The number of carbonyl (C=O) groups excluding carboxylic acids is 2. The van der Waals surface area contributed by atoms with Gasteiger partial charge in [0.1, 0.15) is 0 Å². The van der Waals surface area contributed by atoms with Gasteiger partial charge in [0.2, 0.25) is 0 Å². The predicted molar refractivity (Wildman–Crippen MR) is 78.8 cm³/mol. The lowest BCUT2D eigenvalue weighted by Gasteiger charge is -2.10. The summed E-state index contributed by atoms with van der Waals surface area (Å²) in [5, 5.41) is 2.76. The molecule has 5 nitrogen and oxygen atoms in total. The molecule has 0 unspecified atom stereocenters. The zero-order valence-corrected chi connectivity index (χ0v) is 11.1. The highest BCUT2D eigenvalue weighted by Crippen LogP contribution is 2.24. The van der Waals surface area contributed by atoms with E-state index in [9.17, 15) is 9.59 Å². The fraction of sp³-hybridized carbons (Fsp3) is 0. The lowest BCUT2D eigenvalue weighted by Crippen LogP contribution is -2.18. The van der Waals surface area contributed by atoms with Crippen LogP contribution in [0.1, 0.15) is 20.7 Å². The number of rotatable bonds is 3. The van der Waals surface area contributed by atoms with Crippen LogP contribution in [0.25, 0.3) is 0 Å². The summed E-state index contributed by atoms with van der Waals surface area (Å²) in [7, 11) is 0. The number of carbonyl (C=O) groups is 2. The number of halogens is 1. The van der Waals surface area contributed by atoms with Crippen molar-refractivity contribution in [3.05, 3.63) is 58.6 Å². The molecule has 0 bridgehead atoms. The quantitative estimate of drug-likeness (QED) is 0.756. The Kier molecular flexibility index (Phi) is 3.91. The molecule has 0 atom stereocenters. The second-order valence-electron chi connectivity index (χ2n) is 4.07. The molecule has 6 heteroatoms. The summed E-state index contributed by atoms with van der Waals surface area (Å²) < 4.78 is 0. The molecule has 0 aromatic heterocycles. The van der Waals surface area contributed by atoms with Crippen molar-refractivity contribution < 1.29 is 9.59 Å². The number of amides is 2. The number of nitrogen functional groups attached to an aromatic ring is 1. The number of hydrogen-bond donors (Lipinski definition) is 3. The molecule has 0 saturated carbocycles. The topological polar surface area (TPSA) is 98.2 Å². The molecule has 0 radical (unpaired) electrons. The molecule has 0 heterocycles. The van der Waals surface area contributed by atoms with E-state index in [0.717, 1.165) is 0 Å². The summed E-state index contributed by atoms with van der Waals surface area (Å²) in [5.41, 5.74) is 12.0. The molecule has 2 rings (SSSR count). The van der Waals surface area contributed by atoms with Crippen molar-refractivity contribution in [1.29, 1.82) is 0 Å². The fourth-order valence-electron chi connectivity index (χ4n) is 1.72. The molecular formula is C14H12ClN3O2. The highest BCUT2D eigenvalue weighted by molar-refractivity contribution is 6.36. The van der Waals surface area contributed by atoms with Gasteiger partial charge in [-0.3, -0.25) is 9.59 Å². The zero-order valence-electron chi connectivity index (χ0n) is 10.4. The van der Waals surface area contributed by atoms with Gasteiger partial charge in [-0.05, 0) is 24.3 Å². The molecule has 0 aliphatic heterocycles. The zero-order chi connectivity index (χ0) is 14.7. The van der Waals surface area contributed by atoms with E-state index >= 15 is 0 Å². The maximum Gasteiger partial charge on any atom is 0.257 e. The molecule has 0 saturated heterocycles. The summed E-state index contributed by atoms with van der Waals surface area (Å²) >= 11 is 5.98. The molecule has 20 heavy (non-hydrogen) atoms. The molecule has 2 amide bonds. The van der Waals surface area contributed by atoms with Crippen LogP contribution in [0.2, 0.25) is 5.02 Å². The second kappa shape index (κ2) is 5.63. The van der Waals surface area contributed by atoms with Crippen molar-refractivity contribution in [3.63, 3.8) is 0 Å². The standard InChI is InChI=1S/C14H12ClN3O2/c15-12-9(5-3-6-10(12)16)14(20)18-11-7-2-1-4-8(11)13(17)19/h1-7H,16H2,(H2,17,19)(H,18,20). The van der Waals surface area contributed by atoms with Gasteiger partial charge in [-0.2, -0.15) is 0 Å². The average molecular weight is 290 g/mol. The van der Waals surface area contributed by atoms with Gasteiger partial charge in [0.15, 0.2) is 0 Å². The third-order valence-corrected chi connectivity index (χ3v) is 3.14. The highest BCUT2D eigenvalue weighted by Gasteiger charge is 2.15. The van der Waals surface area contributed by atoms with E-state index in [1.807, 2.05) is 0 Å². The van der Waals surface area contributed by atoms with Crippen molar-refractivity contribution in [1.82, 2.24) is 0 Å². The van der Waals surface area contributed by atoms with E-state index in [1.54, 1.807) is 36.4 Å². The van der Waals surface area contributed by atoms with Crippen LogP contribution in [0.5, 0.6) is 0 Å². The summed E-state index contributed by atoms with van der Waals surface area (Å²) in [6.07, 6.45) is 0. The number of benzene rings is 2. The van der Waals surface area contributed by atoms with Gasteiger partial charge in [0.05, 0.1) is 27.5 Å². The lowest BCUT2D eigenvalue weighted by molar-refractivity contribution is 0.100. The minimum atomic E-state index is -0.625. The van der Waals surface area contributed by atoms with Crippen LogP contribution in [0.3, 0.4) is 0 Å². The molecule has 5 N–H and O–H groups in total. The number of nitrogens with two attached hydrogens (primary N) is 2. The first kappa shape index (κ1) is 13.9. The summed E-state index contributed by atoms with van der Waals surface area (Å²) in [6, 6.07) is 11.2. The molecule has 2 aromatic carbocycles. The molecule has 0 fully saturated rings. The van der Waals surface area contributed by atoms with Crippen molar-refractivity contribution in [2.45, 2.75) is 0 Å². The van der Waals surface area contributed by atoms with Crippen LogP contribution in [-0.2, 0) is 0 Å². The van der Waals surface area contributed by atoms with E-state index in [-0.39, 0.29) is 16.1 Å². The summed E-state index contributed by atoms with van der Waals surface area (Å²) in [5.74, 6) is -1.09. The van der Waals surface area contributed by atoms with E-state index in [1.165, 1.54) is 6.07 Å². The summed E-state index contributed by atoms with van der Waals surface area (Å²) in [6.45, 7) is 0. The fourth-order valence-corrected chi connectivity index (χ4v) is 1.93. The number of primary amides is 1.